The number of hydrogen-bond acceptors (Lipinski definition) is 10. The number of cyclic esters (lactones) is 2. The van der Waals surface area contributed by atoms with Crippen molar-refractivity contribution >= 4 is 41.9 Å². The van der Waals surface area contributed by atoms with Crippen LogP contribution in [0.1, 0.15) is 85.4 Å². The molecule has 48 heavy (non-hydrogen) atoms. The maximum Gasteiger partial charge on any atom is 0.434 e. The summed E-state index contributed by atoms with van der Waals surface area (Å²) in [5, 5.41) is 2.70. The van der Waals surface area contributed by atoms with Gasteiger partial charge in [-0.3, -0.25) is 19.2 Å². The number of aliphatic imine (C=N–C) groups is 1. The highest BCUT2D eigenvalue weighted by atomic mass is 16.6. The number of ether oxygens (including phenoxy) is 4. The standard InChI is InChI=1S/C18H23NO5.C12H15NO2.C6H8O3/c1-12(20)18(10-11-23-15(18)21)14(13-8-6-5-7-9-13)19-16(22)24-17(2,3)4;1-12(2,3)15-11(14)13-9-10-7-5-4-6-8-10;1-4(7)5-2-3-9-6(5)8/h5-9,14H,10-11H2,1-4H3,(H,19,22);4-9H,1-3H3;5H,2-3H2,1H3/t14-,18-;;/m1../s1. The van der Waals surface area contributed by atoms with Crippen LogP contribution in [-0.2, 0) is 38.1 Å². The van der Waals surface area contributed by atoms with Crippen LogP contribution >= 0.6 is 0 Å². The van der Waals surface area contributed by atoms with Crippen molar-refractivity contribution in [3.63, 3.8) is 0 Å². The maximum atomic E-state index is 12.4. The van der Waals surface area contributed by atoms with Gasteiger partial charge in [-0.1, -0.05) is 60.7 Å². The predicted molar refractivity (Wildman–Crippen MR) is 177 cm³/mol. The van der Waals surface area contributed by atoms with Crippen LogP contribution in [0.25, 0.3) is 0 Å². The normalized spacial score (nSPS) is 19.4. The molecule has 1 N–H and O–H groups in total. The molecular weight excluding hydrogens is 620 g/mol. The monoisotopic (exact) mass is 666 g/mol. The molecule has 0 spiro atoms. The summed E-state index contributed by atoms with van der Waals surface area (Å²) in [7, 11) is 0. The zero-order valence-electron chi connectivity index (χ0n) is 28.9. The Morgan fingerprint density at radius 3 is 1.83 bits per heavy atom. The fraction of sp³-hybridized carbons (Fsp3) is 0.472. The van der Waals surface area contributed by atoms with Crippen molar-refractivity contribution < 1.29 is 47.7 Å². The molecule has 12 nitrogen and oxygen atoms in total. The van der Waals surface area contributed by atoms with Crippen molar-refractivity contribution in [1.29, 1.82) is 0 Å². The summed E-state index contributed by atoms with van der Waals surface area (Å²) >= 11 is 0. The molecule has 2 fully saturated rings. The minimum Gasteiger partial charge on any atom is -0.465 e. The van der Waals surface area contributed by atoms with E-state index in [9.17, 15) is 28.8 Å². The molecule has 0 saturated carbocycles. The fourth-order valence-corrected chi connectivity index (χ4v) is 4.70. The molecule has 2 saturated heterocycles. The molecule has 0 radical (unpaired) electrons. The van der Waals surface area contributed by atoms with E-state index in [1.165, 1.54) is 20.1 Å². The quantitative estimate of drug-likeness (QED) is 0.169. The van der Waals surface area contributed by atoms with Gasteiger partial charge in [-0.05, 0) is 66.5 Å². The molecule has 12 heteroatoms. The Morgan fingerprint density at radius 1 is 0.854 bits per heavy atom. The van der Waals surface area contributed by atoms with E-state index < -0.39 is 46.7 Å². The van der Waals surface area contributed by atoms with Gasteiger partial charge < -0.3 is 24.3 Å². The van der Waals surface area contributed by atoms with Crippen molar-refractivity contribution in [2.75, 3.05) is 13.2 Å². The first kappa shape index (κ1) is 39.3. The molecule has 0 aromatic heterocycles. The van der Waals surface area contributed by atoms with Crippen molar-refractivity contribution in [1.82, 2.24) is 5.32 Å². The first-order valence-corrected chi connectivity index (χ1v) is 15.6. The summed E-state index contributed by atoms with van der Waals surface area (Å²) in [6, 6.07) is 17.5. The SMILES string of the molecule is CC(=O)C1CCOC1=O.CC(=O)[C@@]1([C@H](NC(=O)OC(C)(C)C)c2ccccc2)CCOC1=O.CC(C)(C)OC(=O)N=Cc1ccccc1. The average Bonchev–Trinajstić information content (AvgIpc) is 3.60. The Balaban J connectivity index is 0.000000282. The van der Waals surface area contributed by atoms with E-state index >= 15 is 0 Å². The number of ketones is 2. The van der Waals surface area contributed by atoms with Crippen molar-refractivity contribution in [2.24, 2.45) is 16.3 Å². The number of carbonyl (C=O) groups excluding carboxylic acids is 6. The van der Waals surface area contributed by atoms with Crippen LogP contribution in [-0.4, -0.2) is 66.3 Å². The third-order valence-electron chi connectivity index (χ3n) is 6.95. The Bertz CT molecular complexity index is 1460. The molecule has 4 rings (SSSR count). The summed E-state index contributed by atoms with van der Waals surface area (Å²) in [6.07, 6.45) is 1.03. The highest BCUT2D eigenvalue weighted by molar-refractivity contribution is 6.05. The minimum absolute atomic E-state index is 0.0856. The van der Waals surface area contributed by atoms with Gasteiger partial charge in [0.1, 0.15) is 28.7 Å². The largest absolute Gasteiger partial charge is 0.465 e. The first-order chi connectivity index (χ1) is 22.4. The topological polar surface area (TPSA) is 164 Å². The highest BCUT2D eigenvalue weighted by Crippen LogP contribution is 2.43. The number of Topliss-reactive ketones (excluding diaryl/α,β-unsaturated/α-hetero) is 2. The van der Waals surface area contributed by atoms with Gasteiger partial charge in [-0.25, -0.2) is 9.59 Å². The van der Waals surface area contributed by atoms with Gasteiger partial charge in [0, 0.05) is 19.1 Å². The second kappa shape index (κ2) is 17.3. The molecule has 260 valence electrons. The molecule has 2 amide bonds. The lowest BCUT2D eigenvalue weighted by atomic mass is 9.73. The number of hydrogen-bond donors (Lipinski definition) is 1. The molecular formula is C36H46N2O10. The van der Waals surface area contributed by atoms with Gasteiger partial charge in [-0.15, -0.1) is 0 Å². The van der Waals surface area contributed by atoms with Gasteiger partial charge in [0.2, 0.25) is 0 Å². The van der Waals surface area contributed by atoms with E-state index in [2.05, 4.69) is 15.0 Å². The lowest BCUT2D eigenvalue weighted by Gasteiger charge is -2.33. The smallest absolute Gasteiger partial charge is 0.434 e. The molecule has 0 bridgehead atoms. The van der Waals surface area contributed by atoms with Crippen LogP contribution in [0.4, 0.5) is 9.59 Å². The zero-order valence-corrected chi connectivity index (χ0v) is 28.9. The molecule has 1 unspecified atom stereocenters. The number of nitrogens with one attached hydrogen (secondary N) is 1. The first-order valence-electron chi connectivity index (χ1n) is 15.6. The maximum absolute atomic E-state index is 12.4. The zero-order chi connectivity index (χ0) is 36.1. The molecule has 2 aliphatic heterocycles. The van der Waals surface area contributed by atoms with Crippen LogP contribution in [0.2, 0.25) is 0 Å². The van der Waals surface area contributed by atoms with E-state index in [4.69, 9.17) is 14.2 Å². The lowest BCUT2D eigenvalue weighted by Crippen LogP contribution is -2.49. The Kier molecular flexibility index (Phi) is 14.2. The molecule has 2 aromatic rings. The molecule has 2 heterocycles. The van der Waals surface area contributed by atoms with E-state index in [1.54, 1.807) is 45.0 Å². The second-order valence-corrected chi connectivity index (χ2v) is 13.2. The highest BCUT2D eigenvalue weighted by Gasteiger charge is 2.56. The molecule has 0 aliphatic carbocycles. The van der Waals surface area contributed by atoms with Crippen LogP contribution in [0.3, 0.4) is 0 Å². The van der Waals surface area contributed by atoms with Gasteiger partial charge in [0.05, 0.1) is 19.3 Å². The number of carbonyl (C=O) groups is 6. The van der Waals surface area contributed by atoms with E-state index in [0.29, 0.717) is 18.6 Å². The molecule has 3 atom stereocenters. The van der Waals surface area contributed by atoms with Crippen molar-refractivity contribution in [2.45, 2.75) is 85.5 Å². The minimum atomic E-state index is -1.43. The van der Waals surface area contributed by atoms with E-state index in [0.717, 1.165) is 5.56 Å². The Hall–Kier alpha value is -4.87. The van der Waals surface area contributed by atoms with E-state index in [1.807, 2.05) is 57.2 Å². The Morgan fingerprint density at radius 2 is 1.42 bits per heavy atom. The summed E-state index contributed by atoms with van der Waals surface area (Å²) < 4.78 is 19.9. The number of alkyl carbamates (subject to hydrolysis) is 1. The van der Waals surface area contributed by atoms with Crippen LogP contribution in [0, 0.1) is 11.3 Å². The second-order valence-electron chi connectivity index (χ2n) is 13.2. The van der Waals surface area contributed by atoms with Gasteiger partial charge in [0.15, 0.2) is 5.41 Å². The van der Waals surface area contributed by atoms with E-state index in [-0.39, 0.29) is 30.6 Å². The summed E-state index contributed by atoms with van der Waals surface area (Å²) in [5.74, 6) is -1.86. The van der Waals surface area contributed by atoms with Gasteiger partial charge >= 0.3 is 24.1 Å². The van der Waals surface area contributed by atoms with Crippen molar-refractivity contribution in [3.05, 3.63) is 71.8 Å². The van der Waals surface area contributed by atoms with Gasteiger partial charge in [0.25, 0.3) is 0 Å². The lowest BCUT2D eigenvalue weighted by molar-refractivity contribution is -0.152. The van der Waals surface area contributed by atoms with Crippen LogP contribution < -0.4 is 5.32 Å². The molecule has 2 aliphatic rings. The van der Waals surface area contributed by atoms with Crippen molar-refractivity contribution in [3.8, 4) is 0 Å². The summed E-state index contributed by atoms with van der Waals surface area (Å²) in [4.78, 5) is 73.1. The predicted octanol–water partition coefficient (Wildman–Crippen LogP) is 5.95. The summed E-state index contributed by atoms with van der Waals surface area (Å²) in [6.45, 7) is 14.0. The number of nitrogens with zero attached hydrogens (tertiary/aromatic N) is 1. The third kappa shape index (κ3) is 12.4. The summed E-state index contributed by atoms with van der Waals surface area (Å²) in [5.41, 5.74) is -1.09. The van der Waals surface area contributed by atoms with Gasteiger partial charge in [-0.2, -0.15) is 4.99 Å². The average molecular weight is 667 g/mol. The molecule has 2 aromatic carbocycles. The number of esters is 2. The number of amides is 2. The number of benzene rings is 2. The van der Waals surface area contributed by atoms with Crippen LogP contribution in [0.15, 0.2) is 65.7 Å². The third-order valence-corrected chi connectivity index (χ3v) is 6.95. The van der Waals surface area contributed by atoms with Crippen LogP contribution in [0.5, 0.6) is 0 Å². The Labute approximate surface area is 281 Å². The number of rotatable bonds is 6. The fourth-order valence-electron chi connectivity index (χ4n) is 4.70.